The summed E-state index contributed by atoms with van der Waals surface area (Å²) in [6, 6.07) is 45.8. The zero-order chi connectivity index (χ0) is 33.4. The van der Waals surface area contributed by atoms with Gasteiger partial charge in [0.2, 0.25) is 0 Å². The Hall–Kier alpha value is -3.00. The van der Waals surface area contributed by atoms with Crippen LogP contribution in [0.1, 0.15) is 57.2 Å². The van der Waals surface area contributed by atoms with Crippen molar-refractivity contribution in [2.24, 2.45) is 11.8 Å². The van der Waals surface area contributed by atoms with Crippen molar-refractivity contribution in [3.05, 3.63) is 155 Å². The summed E-state index contributed by atoms with van der Waals surface area (Å²) in [4.78, 5) is 0. The molecule has 0 bridgehead atoms. The average molecular weight is 791 g/mol. The minimum Gasteiger partial charge on any atom is -0.147 e. The molecule has 0 saturated heterocycles. The predicted molar refractivity (Wildman–Crippen MR) is 225 cm³/mol. The molecule has 0 fully saturated rings. The van der Waals surface area contributed by atoms with Gasteiger partial charge in [-0.15, -0.1) is 24.8 Å². The van der Waals surface area contributed by atoms with Gasteiger partial charge in [-0.3, -0.25) is 0 Å². The van der Waals surface area contributed by atoms with Crippen molar-refractivity contribution in [3.8, 4) is 22.3 Å². The van der Waals surface area contributed by atoms with Crippen molar-refractivity contribution < 1.29 is 17.4 Å². The zero-order valence-electron chi connectivity index (χ0n) is 30.0. The van der Waals surface area contributed by atoms with E-state index in [0.717, 1.165) is 0 Å². The first kappa shape index (κ1) is 36.8. The first-order chi connectivity index (χ1) is 23.0. The Labute approximate surface area is 313 Å². The van der Waals surface area contributed by atoms with Crippen LogP contribution in [0, 0.1) is 11.8 Å². The van der Waals surface area contributed by atoms with Crippen LogP contribution in [0.5, 0.6) is 0 Å². The van der Waals surface area contributed by atoms with Crippen LogP contribution in [0.3, 0.4) is 0 Å². The van der Waals surface area contributed by atoms with Crippen LogP contribution < -0.4 is 0 Å². The van der Waals surface area contributed by atoms with Gasteiger partial charge in [0.1, 0.15) is 0 Å². The minimum absolute atomic E-state index is 0. The number of allylic oxidation sites excluding steroid dienone is 2. The molecule has 8 rings (SSSR count). The fourth-order valence-electron chi connectivity index (χ4n) is 9.35. The van der Waals surface area contributed by atoms with Crippen molar-refractivity contribution in [1.82, 2.24) is 0 Å². The van der Waals surface area contributed by atoms with Crippen LogP contribution in [-0.4, -0.2) is 6.88 Å². The molecule has 0 N–H and O–H groups in total. The fourth-order valence-corrected chi connectivity index (χ4v) is 29.3. The van der Waals surface area contributed by atoms with Crippen LogP contribution in [0.4, 0.5) is 0 Å². The van der Waals surface area contributed by atoms with E-state index in [1.165, 1.54) is 54.9 Å². The third-order valence-corrected chi connectivity index (χ3v) is 28.9. The molecule has 2 aliphatic rings. The predicted octanol–water partition coefficient (Wildman–Crippen LogP) is 13.4. The molecule has 4 heteroatoms. The molecule has 0 heterocycles. The second-order valence-electron chi connectivity index (χ2n) is 16.1. The maximum atomic E-state index is 2.79. The molecule has 0 nitrogen and oxygen atoms in total. The maximum absolute atomic E-state index is 3.78. The van der Waals surface area contributed by atoms with Gasteiger partial charge in [-0.25, -0.2) is 0 Å². The number of fused-ring (bicyclic) bond motifs is 4. The molecular formula is C46H48Cl2SiZr. The van der Waals surface area contributed by atoms with Gasteiger partial charge in [0, 0.05) is 0 Å². The standard InChI is InChI=1S/2C22H19.2CH3.2ClH.H2Si.Zr/c2*1-15(2)20-13-18-8-5-9-21(22(18)14-20)19-11-10-16-6-3-4-7-17(16)12-19;;;;;;/h2*3-15H,1-2H3;2*1H3;2*1H;1H2;. The van der Waals surface area contributed by atoms with Gasteiger partial charge in [-0.05, 0) is 0 Å². The minimum atomic E-state index is -3.78. The summed E-state index contributed by atoms with van der Waals surface area (Å²) in [7, 11) is 0. The van der Waals surface area contributed by atoms with Gasteiger partial charge >= 0.3 is 291 Å². The Bertz CT molecular complexity index is 2240. The topological polar surface area (TPSA) is 0 Å². The Morgan fingerprint density at radius 2 is 0.860 bits per heavy atom. The van der Waals surface area contributed by atoms with Gasteiger partial charge in [0.15, 0.2) is 0 Å². The molecule has 6 aromatic rings. The van der Waals surface area contributed by atoms with E-state index in [1.54, 1.807) is 22.3 Å². The van der Waals surface area contributed by atoms with Gasteiger partial charge in [0.25, 0.3) is 0 Å². The van der Waals surface area contributed by atoms with E-state index in [4.69, 9.17) is 0 Å². The van der Waals surface area contributed by atoms with Crippen molar-refractivity contribution in [2.45, 2.75) is 44.2 Å². The van der Waals surface area contributed by atoms with Crippen LogP contribution in [0.2, 0.25) is 9.26 Å². The van der Waals surface area contributed by atoms with E-state index in [2.05, 4.69) is 177 Å². The van der Waals surface area contributed by atoms with E-state index in [1.807, 2.05) is 0 Å². The summed E-state index contributed by atoms with van der Waals surface area (Å²) < 4.78 is 6.55. The summed E-state index contributed by atoms with van der Waals surface area (Å²) in [5.74, 6) is 0.973. The second-order valence-corrected chi connectivity index (χ2v) is 46.6. The number of benzene rings is 6. The largest absolute Gasteiger partial charge is 0.147 e. The monoisotopic (exact) mass is 788 g/mol. The maximum Gasteiger partial charge on any atom is -0.147 e. The first-order valence-corrected chi connectivity index (χ1v) is 31.4. The van der Waals surface area contributed by atoms with Gasteiger partial charge in [-0.1, -0.05) is 0 Å². The molecule has 0 aromatic heterocycles. The first-order valence-electron chi connectivity index (χ1n) is 17.7. The Kier molecular flexibility index (Phi) is 9.95. The molecule has 0 spiro atoms. The molecule has 0 saturated carbocycles. The molecule has 6 aromatic carbocycles. The van der Waals surface area contributed by atoms with Crippen LogP contribution in [0.25, 0.3) is 56.0 Å². The quantitative estimate of drug-likeness (QED) is 0.147. The molecule has 2 unspecified atom stereocenters. The fraction of sp³-hybridized carbons (Fsp3) is 0.217. The van der Waals surface area contributed by atoms with E-state index >= 15 is 0 Å². The van der Waals surface area contributed by atoms with Crippen molar-refractivity contribution in [3.63, 3.8) is 0 Å². The third kappa shape index (κ3) is 5.95. The smallest absolute Gasteiger partial charge is 0.147 e. The number of rotatable bonds is 6. The molecule has 0 aliphatic heterocycles. The summed E-state index contributed by atoms with van der Waals surface area (Å²) >= 11 is -3.78. The molecule has 2 atom stereocenters. The number of halogens is 2. The summed E-state index contributed by atoms with van der Waals surface area (Å²) in [6.07, 6.45) is 5.23. The van der Waals surface area contributed by atoms with E-state index in [-0.39, 0.29) is 24.8 Å². The zero-order valence-corrected chi connectivity index (χ0v) is 35.5. The third-order valence-electron chi connectivity index (χ3n) is 11.5. The number of hydrogen-bond acceptors (Lipinski definition) is 0. The molecule has 50 heavy (non-hydrogen) atoms. The summed E-state index contributed by atoms with van der Waals surface area (Å²) in [5.41, 5.74) is 14.7. The number of hydrogen-bond donors (Lipinski definition) is 0. The molecule has 2 aliphatic carbocycles. The van der Waals surface area contributed by atoms with Crippen LogP contribution in [-0.2, 0) is 17.4 Å². The Morgan fingerprint density at radius 1 is 0.480 bits per heavy atom. The molecule has 254 valence electrons. The van der Waals surface area contributed by atoms with Crippen molar-refractivity contribution in [2.75, 3.05) is 0 Å². The van der Waals surface area contributed by atoms with Gasteiger partial charge in [0.05, 0.1) is 0 Å². The SMILES string of the molecule is CC(C)C1=Cc2c(-c3ccc4ccccc4c3)cccc2[CH]1[Zr]([CH3])([CH3])(=[SiH2])[CH]1C(C(C)C)=Cc2c(-c3ccc4ccccc4c3)cccc21.Cl.Cl. The van der Waals surface area contributed by atoms with E-state index in [9.17, 15) is 0 Å². The van der Waals surface area contributed by atoms with Gasteiger partial charge < -0.3 is 0 Å². The van der Waals surface area contributed by atoms with Gasteiger partial charge in [-0.2, -0.15) is 0 Å². The molecule has 0 radical (unpaired) electrons. The Balaban J connectivity index is 0.00000216. The van der Waals surface area contributed by atoms with E-state index in [0.29, 0.717) is 19.1 Å². The Morgan fingerprint density at radius 3 is 1.24 bits per heavy atom. The molecule has 0 amide bonds. The normalized spacial score (nSPS) is 16.9. The summed E-state index contributed by atoms with van der Waals surface area (Å²) in [5, 5.41) is 5.21. The van der Waals surface area contributed by atoms with E-state index < -0.39 is 17.4 Å². The van der Waals surface area contributed by atoms with Crippen LogP contribution >= 0.6 is 24.8 Å². The van der Waals surface area contributed by atoms with Crippen LogP contribution in [0.15, 0.2) is 132 Å². The van der Waals surface area contributed by atoms with Crippen molar-refractivity contribution in [1.29, 1.82) is 0 Å². The summed E-state index contributed by atoms with van der Waals surface area (Å²) in [6.45, 7) is 12.2. The van der Waals surface area contributed by atoms with Crippen molar-refractivity contribution >= 4 is 65.4 Å². The average Bonchev–Trinajstić information content (AvgIpc) is 3.69. The second kappa shape index (κ2) is 13.5. The molecular weight excluding hydrogens is 743 g/mol.